The quantitative estimate of drug-likeness (QED) is 0.533. The van der Waals surface area contributed by atoms with Crippen LogP contribution in [0.5, 0.6) is 0 Å². The zero-order valence-corrected chi connectivity index (χ0v) is 20.9. The molecule has 1 saturated carbocycles. The molecule has 8 heteroatoms. The summed E-state index contributed by atoms with van der Waals surface area (Å²) in [5, 5.41) is 0. The molecule has 7 nitrogen and oxygen atoms in total. The van der Waals surface area contributed by atoms with E-state index >= 15 is 0 Å². The molecule has 2 atom stereocenters. The molecular weight excluding hydrogens is 424 g/mol. The van der Waals surface area contributed by atoms with E-state index in [9.17, 15) is 8.42 Å². The first-order valence-corrected chi connectivity index (χ1v) is 12.8. The molecule has 1 aliphatic rings. The summed E-state index contributed by atoms with van der Waals surface area (Å²) in [7, 11) is -0.0427. The Morgan fingerprint density at radius 1 is 1.12 bits per heavy atom. The van der Waals surface area contributed by atoms with E-state index in [1.165, 1.54) is 10.5 Å². The van der Waals surface area contributed by atoms with Gasteiger partial charge in [0.05, 0.1) is 18.3 Å². The van der Waals surface area contributed by atoms with E-state index in [-0.39, 0.29) is 22.5 Å². The number of sulfonamides is 1. The van der Waals surface area contributed by atoms with Crippen molar-refractivity contribution in [1.29, 1.82) is 0 Å². The van der Waals surface area contributed by atoms with Gasteiger partial charge in [0.1, 0.15) is 10.7 Å². The van der Waals surface area contributed by atoms with Crippen LogP contribution in [0.1, 0.15) is 51.4 Å². The molecule has 176 valence electrons. The van der Waals surface area contributed by atoms with Crippen molar-refractivity contribution in [2.45, 2.75) is 70.5 Å². The van der Waals surface area contributed by atoms with Crippen molar-refractivity contribution in [3.63, 3.8) is 0 Å². The van der Waals surface area contributed by atoms with E-state index < -0.39 is 10.0 Å². The predicted octanol–water partition coefficient (Wildman–Crippen LogP) is 4.03. The van der Waals surface area contributed by atoms with Crippen molar-refractivity contribution in [1.82, 2.24) is 14.3 Å². The number of rotatable bonds is 10. The third kappa shape index (κ3) is 4.54. The van der Waals surface area contributed by atoms with E-state index in [0.717, 1.165) is 30.7 Å². The summed E-state index contributed by atoms with van der Waals surface area (Å²) in [4.78, 5) is 11.1. The first kappa shape index (κ1) is 24.6. The van der Waals surface area contributed by atoms with Gasteiger partial charge in [0.15, 0.2) is 0 Å². The molecule has 2 unspecified atom stereocenters. The topological polar surface area (TPSA) is 75.6 Å². The average Bonchev–Trinajstić information content (AvgIpc) is 2.77. The Morgan fingerprint density at radius 3 is 2.41 bits per heavy atom. The number of aryl methyl sites for hydroxylation is 1. The zero-order valence-electron chi connectivity index (χ0n) is 20.1. The fourth-order valence-corrected chi connectivity index (χ4v) is 6.33. The lowest BCUT2D eigenvalue weighted by Crippen LogP contribution is -2.64. The second kappa shape index (κ2) is 9.85. The smallest absolute Gasteiger partial charge is 0.244 e. The zero-order chi connectivity index (χ0) is 23.5. The summed E-state index contributed by atoms with van der Waals surface area (Å²) in [6.07, 6.45) is 4.05. The van der Waals surface area contributed by atoms with Crippen molar-refractivity contribution >= 4 is 15.8 Å². The SMILES string of the molecule is CCOC1CC(N(C)S(=O)(=O)c2ccc(N(C)Cc3cccc(C)n3)nc2)C1(CC)CC. The van der Waals surface area contributed by atoms with Crippen LogP contribution in [0.3, 0.4) is 0 Å². The molecule has 0 radical (unpaired) electrons. The first-order valence-electron chi connectivity index (χ1n) is 11.4. The van der Waals surface area contributed by atoms with Crippen molar-refractivity contribution in [3.8, 4) is 0 Å². The Balaban J connectivity index is 1.76. The summed E-state index contributed by atoms with van der Waals surface area (Å²) < 4.78 is 34.2. The largest absolute Gasteiger partial charge is 0.378 e. The van der Waals surface area contributed by atoms with Crippen LogP contribution in [0, 0.1) is 12.3 Å². The maximum atomic E-state index is 13.4. The lowest BCUT2D eigenvalue weighted by molar-refractivity contribution is -0.153. The van der Waals surface area contributed by atoms with Crippen LogP contribution in [0.2, 0.25) is 0 Å². The van der Waals surface area contributed by atoms with E-state index in [0.29, 0.717) is 19.0 Å². The third-order valence-electron chi connectivity index (χ3n) is 7.00. The number of anilines is 1. The Bertz CT molecular complexity index is 1010. The van der Waals surface area contributed by atoms with Gasteiger partial charge in [-0.2, -0.15) is 4.31 Å². The van der Waals surface area contributed by atoms with Gasteiger partial charge in [-0.3, -0.25) is 4.98 Å². The monoisotopic (exact) mass is 460 g/mol. The van der Waals surface area contributed by atoms with Gasteiger partial charge < -0.3 is 9.64 Å². The van der Waals surface area contributed by atoms with Gasteiger partial charge in [-0.15, -0.1) is 0 Å². The molecule has 1 fully saturated rings. The Morgan fingerprint density at radius 2 is 1.84 bits per heavy atom. The molecule has 0 amide bonds. The minimum absolute atomic E-state index is 0.0752. The Kier molecular flexibility index (Phi) is 7.57. The number of nitrogens with zero attached hydrogens (tertiary/aromatic N) is 4. The summed E-state index contributed by atoms with van der Waals surface area (Å²) in [5.74, 6) is 0.700. The highest BCUT2D eigenvalue weighted by Crippen LogP contribution is 2.52. The Labute approximate surface area is 192 Å². The van der Waals surface area contributed by atoms with E-state index in [1.807, 2.05) is 44.0 Å². The van der Waals surface area contributed by atoms with Gasteiger partial charge in [-0.25, -0.2) is 13.4 Å². The molecular formula is C24H36N4O3S. The van der Waals surface area contributed by atoms with Gasteiger partial charge in [0, 0.05) is 44.0 Å². The van der Waals surface area contributed by atoms with Crippen LogP contribution in [0.15, 0.2) is 41.4 Å². The van der Waals surface area contributed by atoms with Gasteiger partial charge in [0.25, 0.3) is 0 Å². The molecule has 0 bridgehead atoms. The normalized spacial score (nSPS) is 20.2. The van der Waals surface area contributed by atoms with Crippen molar-refractivity contribution in [2.24, 2.45) is 5.41 Å². The molecule has 32 heavy (non-hydrogen) atoms. The summed E-state index contributed by atoms with van der Waals surface area (Å²) >= 11 is 0. The average molecular weight is 461 g/mol. The molecule has 2 aromatic heterocycles. The molecule has 0 saturated heterocycles. The number of hydrogen-bond acceptors (Lipinski definition) is 6. The number of aromatic nitrogens is 2. The first-order chi connectivity index (χ1) is 15.2. The second-order valence-corrected chi connectivity index (χ2v) is 10.6. The van der Waals surface area contributed by atoms with Crippen LogP contribution < -0.4 is 4.90 Å². The highest BCUT2D eigenvalue weighted by atomic mass is 32.2. The molecule has 0 spiro atoms. The highest BCUT2D eigenvalue weighted by molar-refractivity contribution is 7.89. The standard InChI is InChI=1S/C24H36N4O3S/c1-7-24(8-2)21(15-22(24)31-9-3)28(6)32(29,30)20-13-14-23(25-16-20)27(5)17-19-12-10-11-18(4)26-19/h10-14,16,21-22H,7-9,15,17H2,1-6H3. The van der Waals surface area contributed by atoms with E-state index in [2.05, 4.69) is 23.8 Å². The number of hydrogen-bond donors (Lipinski definition) is 0. The Hall–Kier alpha value is -2.03. The van der Waals surface area contributed by atoms with Crippen molar-refractivity contribution in [2.75, 3.05) is 25.6 Å². The molecule has 0 aliphatic heterocycles. The van der Waals surface area contributed by atoms with Gasteiger partial charge in [-0.1, -0.05) is 19.9 Å². The molecule has 0 aromatic carbocycles. The summed E-state index contributed by atoms with van der Waals surface area (Å²) in [6.45, 7) is 9.43. The maximum Gasteiger partial charge on any atom is 0.244 e. The summed E-state index contributed by atoms with van der Waals surface area (Å²) in [6, 6.07) is 9.24. The van der Waals surface area contributed by atoms with E-state index in [1.54, 1.807) is 19.2 Å². The number of pyridine rings is 2. The lowest BCUT2D eigenvalue weighted by atomic mass is 9.58. The molecule has 3 rings (SSSR count). The van der Waals surface area contributed by atoms with Crippen molar-refractivity contribution in [3.05, 3.63) is 47.9 Å². The minimum atomic E-state index is -3.65. The lowest BCUT2D eigenvalue weighted by Gasteiger charge is -2.57. The van der Waals surface area contributed by atoms with Crippen LogP contribution >= 0.6 is 0 Å². The molecule has 1 aliphatic carbocycles. The number of ether oxygens (including phenoxy) is 1. The van der Waals surface area contributed by atoms with Crippen LogP contribution in [0.25, 0.3) is 0 Å². The van der Waals surface area contributed by atoms with Crippen molar-refractivity contribution < 1.29 is 13.2 Å². The molecule has 2 aromatic rings. The van der Waals surface area contributed by atoms with Crippen LogP contribution in [0.4, 0.5) is 5.82 Å². The molecule has 0 N–H and O–H groups in total. The second-order valence-electron chi connectivity index (χ2n) is 8.64. The van der Waals surface area contributed by atoms with E-state index in [4.69, 9.17) is 4.74 Å². The third-order valence-corrected chi connectivity index (χ3v) is 8.85. The summed E-state index contributed by atoms with van der Waals surface area (Å²) in [5.41, 5.74) is 1.76. The predicted molar refractivity (Wildman–Crippen MR) is 127 cm³/mol. The van der Waals surface area contributed by atoms with Crippen LogP contribution in [-0.2, 0) is 21.3 Å². The maximum absolute atomic E-state index is 13.4. The van der Waals surface area contributed by atoms with Gasteiger partial charge in [0.2, 0.25) is 10.0 Å². The minimum Gasteiger partial charge on any atom is -0.378 e. The fraction of sp³-hybridized carbons (Fsp3) is 0.583. The highest BCUT2D eigenvalue weighted by Gasteiger charge is 2.57. The fourth-order valence-electron chi connectivity index (χ4n) is 4.94. The molecule has 2 heterocycles. The van der Waals surface area contributed by atoms with Gasteiger partial charge in [-0.05, 0) is 57.4 Å². The van der Waals surface area contributed by atoms with Gasteiger partial charge >= 0.3 is 0 Å². The van der Waals surface area contributed by atoms with Crippen LogP contribution in [-0.4, -0.2) is 55.5 Å².